The van der Waals surface area contributed by atoms with Gasteiger partial charge in [0.15, 0.2) is 11.5 Å². The SMILES string of the molecule is COc1ccc(CCN(C)CCCNC(=O)c2ccc(Cl)cc2O)cc1OC. The van der Waals surface area contributed by atoms with Crippen molar-refractivity contribution in [3.63, 3.8) is 0 Å². The Balaban J connectivity index is 1.71. The van der Waals surface area contributed by atoms with Crippen molar-refractivity contribution in [3.8, 4) is 17.2 Å². The number of carbonyl (C=O) groups is 1. The Morgan fingerprint density at radius 2 is 1.86 bits per heavy atom. The Bertz CT molecular complexity index is 798. The topological polar surface area (TPSA) is 71.0 Å². The third kappa shape index (κ3) is 6.32. The second kappa shape index (κ2) is 10.8. The van der Waals surface area contributed by atoms with Crippen LogP contribution in [0.3, 0.4) is 0 Å². The number of aromatic hydroxyl groups is 1. The second-order valence-electron chi connectivity index (χ2n) is 6.51. The molecule has 0 aliphatic rings. The predicted molar refractivity (Wildman–Crippen MR) is 111 cm³/mol. The summed E-state index contributed by atoms with van der Waals surface area (Å²) in [6.45, 7) is 2.27. The second-order valence-corrected chi connectivity index (χ2v) is 6.95. The van der Waals surface area contributed by atoms with E-state index in [0.717, 1.165) is 37.4 Å². The molecule has 0 saturated heterocycles. The smallest absolute Gasteiger partial charge is 0.255 e. The summed E-state index contributed by atoms with van der Waals surface area (Å²) >= 11 is 5.78. The van der Waals surface area contributed by atoms with Crippen molar-refractivity contribution in [1.82, 2.24) is 10.2 Å². The van der Waals surface area contributed by atoms with Gasteiger partial charge < -0.3 is 24.8 Å². The van der Waals surface area contributed by atoms with E-state index < -0.39 is 0 Å². The first kappa shape index (κ1) is 21.9. The molecule has 1 amide bonds. The lowest BCUT2D eigenvalue weighted by Crippen LogP contribution is -2.29. The highest BCUT2D eigenvalue weighted by Crippen LogP contribution is 2.27. The number of methoxy groups -OCH3 is 2. The maximum atomic E-state index is 12.1. The Kier molecular flexibility index (Phi) is 8.42. The van der Waals surface area contributed by atoms with E-state index in [1.54, 1.807) is 20.3 Å². The molecule has 2 N–H and O–H groups in total. The van der Waals surface area contributed by atoms with Crippen LogP contribution in [0, 0.1) is 0 Å². The first-order valence-electron chi connectivity index (χ1n) is 9.10. The largest absolute Gasteiger partial charge is 0.507 e. The van der Waals surface area contributed by atoms with E-state index in [4.69, 9.17) is 21.1 Å². The average molecular weight is 407 g/mol. The Morgan fingerprint density at radius 3 is 2.54 bits per heavy atom. The molecule has 0 aromatic heterocycles. The normalized spacial score (nSPS) is 10.8. The van der Waals surface area contributed by atoms with Gasteiger partial charge in [0, 0.05) is 18.1 Å². The number of phenolic OH excluding ortho intramolecular Hbond substituents is 1. The predicted octanol–water partition coefficient (Wildman–Crippen LogP) is 3.36. The number of halogens is 1. The van der Waals surface area contributed by atoms with Crippen LogP contribution in [0.15, 0.2) is 36.4 Å². The minimum absolute atomic E-state index is 0.114. The van der Waals surface area contributed by atoms with E-state index in [2.05, 4.69) is 10.2 Å². The average Bonchev–Trinajstić information content (AvgIpc) is 2.69. The highest BCUT2D eigenvalue weighted by Gasteiger charge is 2.11. The van der Waals surface area contributed by atoms with Gasteiger partial charge in [-0.3, -0.25) is 4.79 Å². The first-order valence-corrected chi connectivity index (χ1v) is 9.48. The van der Waals surface area contributed by atoms with Crippen molar-refractivity contribution in [3.05, 3.63) is 52.5 Å². The van der Waals surface area contributed by atoms with E-state index >= 15 is 0 Å². The lowest BCUT2D eigenvalue weighted by molar-refractivity contribution is 0.0949. The van der Waals surface area contributed by atoms with Crippen LogP contribution < -0.4 is 14.8 Å². The van der Waals surface area contributed by atoms with Crippen molar-refractivity contribution in [2.24, 2.45) is 0 Å². The highest BCUT2D eigenvalue weighted by molar-refractivity contribution is 6.30. The molecule has 0 aliphatic carbocycles. The van der Waals surface area contributed by atoms with Crippen molar-refractivity contribution in [1.29, 1.82) is 0 Å². The number of nitrogens with zero attached hydrogens (tertiary/aromatic N) is 1. The fraction of sp³-hybridized carbons (Fsp3) is 0.381. The maximum absolute atomic E-state index is 12.1. The zero-order chi connectivity index (χ0) is 20.5. The zero-order valence-electron chi connectivity index (χ0n) is 16.5. The Labute approximate surface area is 171 Å². The molecule has 7 heteroatoms. The van der Waals surface area contributed by atoms with E-state index in [0.29, 0.717) is 11.6 Å². The molecule has 0 bridgehead atoms. The Hall–Kier alpha value is -2.44. The van der Waals surface area contributed by atoms with Crippen molar-refractivity contribution >= 4 is 17.5 Å². The van der Waals surface area contributed by atoms with E-state index in [1.807, 2.05) is 25.2 Å². The van der Waals surface area contributed by atoms with Crippen molar-refractivity contribution in [2.75, 3.05) is 40.9 Å². The quantitative estimate of drug-likeness (QED) is 0.592. The molecule has 0 radical (unpaired) electrons. The summed E-state index contributed by atoms with van der Waals surface area (Å²) in [5, 5.41) is 13.0. The molecule has 2 aromatic rings. The molecule has 152 valence electrons. The van der Waals surface area contributed by atoms with Gasteiger partial charge in [-0.1, -0.05) is 17.7 Å². The van der Waals surface area contributed by atoms with Gasteiger partial charge in [0.2, 0.25) is 0 Å². The van der Waals surface area contributed by atoms with E-state index in [9.17, 15) is 9.90 Å². The van der Waals surface area contributed by atoms with Crippen LogP contribution in [0.4, 0.5) is 0 Å². The summed E-state index contributed by atoms with van der Waals surface area (Å²) in [6.07, 6.45) is 1.70. The van der Waals surface area contributed by atoms with Gasteiger partial charge in [-0.15, -0.1) is 0 Å². The van der Waals surface area contributed by atoms with Crippen molar-refractivity contribution < 1.29 is 19.4 Å². The fourth-order valence-corrected chi connectivity index (χ4v) is 2.98. The Morgan fingerprint density at radius 1 is 1.11 bits per heavy atom. The summed E-state index contributed by atoms with van der Waals surface area (Å²) in [6, 6.07) is 10.4. The van der Waals surface area contributed by atoms with Gasteiger partial charge >= 0.3 is 0 Å². The van der Waals surface area contributed by atoms with Gasteiger partial charge in [0.1, 0.15) is 5.75 Å². The number of rotatable bonds is 10. The van der Waals surface area contributed by atoms with Crippen LogP contribution in [0.1, 0.15) is 22.3 Å². The lowest BCUT2D eigenvalue weighted by Gasteiger charge is -2.17. The van der Waals surface area contributed by atoms with E-state index in [-0.39, 0.29) is 17.2 Å². The molecule has 2 rings (SSSR count). The minimum atomic E-state index is -0.304. The summed E-state index contributed by atoms with van der Waals surface area (Å²) < 4.78 is 10.6. The summed E-state index contributed by atoms with van der Waals surface area (Å²) in [5.74, 6) is 1.04. The number of ether oxygens (including phenoxy) is 2. The molecule has 0 saturated carbocycles. The standard InChI is InChI=1S/C21H27ClN2O4/c1-24(12-9-15-5-8-19(27-2)20(13-15)28-3)11-4-10-23-21(26)17-7-6-16(22)14-18(17)25/h5-8,13-14,25H,4,9-12H2,1-3H3,(H,23,26). The highest BCUT2D eigenvalue weighted by atomic mass is 35.5. The molecule has 0 aliphatic heterocycles. The maximum Gasteiger partial charge on any atom is 0.255 e. The van der Waals surface area contributed by atoms with Crippen LogP contribution in [-0.4, -0.2) is 56.8 Å². The van der Waals surface area contributed by atoms with Crippen LogP contribution in [0.25, 0.3) is 0 Å². The number of hydrogen-bond donors (Lipinski definition) is 2. The number of benzene rings is 2. The molecule has 0 spiro atoms. The molecular formula is C21H27ClN2O4. The minimum Gasteiger partial charge on any atom is -0.507 e. The molecule has 28 heavy (non-hydrogen) atoms. The van der Waals surface area contributed by atoms with Gasteiger partial charge in [0.25, 0.3) is 5.91 Å². The number of hydrogen-bond acceptors (Lipinski definition) is 5. The monoisotopic (exact) mass is 406 g/mol. The van der Waals surface area contributed by atoms with Crippen LogP contribution >= 0.6 is 11.6 Å². The van der Waals surface area contributed by atoms with Gasteiger partial charge in [-0.25, -0.2) is 0 Å². The molecule has 2 aromatic carbocycles. The molecule has 6 nitrogen and oxygen atoms in total. The molecular weight excluding hydrogens is 380 g/mol. The van der Waals surface area contributed by atoms with Crippen LogP contribution in [0.2, 0.25) is 5.02 Å². The summed E-state index contributed by atoms with van der Waals surface area (Å²) in [7, 11) is 5.30. The number of phenols is 1. The van der Waals surface area contributed by atoms with Gasteiger partial charge in [-0.05, 0) is 62.3 Å². The molecule has 0 unspecified atom stereocenters. The zero-order valence-corrected chi connectivity index (χ0v) is 17.3. The number of likely N-dealkylation sites (N-methyl/N-ethyl adjacent to an activating group) is 1. The molecule has 0 fully saturated rings. The molecule has 0 heterocycles. The lowest BCUT2D eigenvalue weighted by atomic mass is 10.1. The third-order valence-corrected chi connectivity index (χ3v) is 4.67. The first-order chi connectivity index (χ1) is 13.4. The fourth-order valence-electron chi connectivity index (χ4n) is 2.81. The summed E-state index contributed by atoms with van der Waals surface area (Å²) in [4.78, 5) is 14.3. The number of carbonyl (C=O) groups excluding carboxylic acids is 1. The van der Waals surface area contributed by atoms with Crippen LogP contribution in [0.5, 0.6) is 17.2 Å². The van der Waals surface area contributed by atoms with Gasteiger partial charge in [-0.2, -0.15) is 0 Å². The summed E-state index contributed by atoms with van der Waals surface area (Å²) in [5.41, 5.74) is 1.40. The van der Waals surface area contributed by atoms with E-state index in [1.165, 1.54) is 17.7 Å². The van der Waals surface area contributed by atoms with Crippen LogP contribution in [-0.2, 0) is 6.42 Å². The van der Waals surface area contributed by atoms with Gasteiger partial charge in [0.05, 0.1) is 19.8 Å². The van der Waals surface area contributed by atoms with Crippen molar-refractivity contribution in [2.45, 2.75) is 12.8 Å². The number of amides is 1. The third-order valence-electron chi connectivity index (χ3n) is 4.44. The number of nitrogens with one attached hydrogen (secondary N) is 1. The molecule has 0 atom stereocenters.